The first-order valence-electron chi connectivity index (χ1n) is 5.82. The lowest BCUT2D eigenvalue weighted by atomic mass is 10.2. The van der Waals surface area contributed by atoms with Gasteiger partial charge in [0.15, 0.2) is 0 Å². The molecule has 0 amide bonds. The zero-order valence-electron chi connectivity index (χ0n) is 11.0. The minimum absolute atomic E-state index is 0.106. The van der Waals surface area contributed by atoms with Gasteiger partial charge in [-0.25, -0.2) is 13.4 Å². The van der Waals surface area contributed by atoms with Gasteiger partial charge in [0.05, 0.1) is 16.3 Å². The summed E-state index contributed by atoms with van der Waals surface area (Å²) in [6, 6.07) is 7.69. The van der Waals surface area contributed by atoms with E-state index in [1.165, 1.54) is 18.2 Å². The highest BCUT2D eigenvalue weighted by Crippen LogP contribution is 2.22. The second-order valence-electron chi connectivity index (χ2n) is 4.39. The molecule has 106 valence electrons. The number of nitrogens with two attached hydrogens (primary N) is 1. The van der Waals surface area contributed by atoms with E-state index < -0.39 is 10.0 Å². The van der Waals surface area contributed by atoms with Crippen LogP contribution in [0.2, 0.25) is 5.15 Å². The topological polar surface area (TPSA) is 85.1 Å². The molecule has 0 saturated heterocycles. The van der Waals surface area contributed by atoms with Crippen molar-refractivity contribution < 1.29 is 8.42 Å². The van der Waals surface area contributed by atoms with E-state index in [9.17, 15) is 8.42 Å². The zero-order valence-corrected chi connectivity index (χ0v) is 12.6. The molecule has 0 unspecified atom stereocenters. The van der Waals surface area contributed by atoms with Crippen LogP contribution in [0.4, 0.5) is 11.4 Å². The van der Waals surface area contributed by atoms with Crippen LogP contribution >= 0.6 is 11.6 Å². The number of hydrogen-bond donors (Lipinski definition) is 2. The van der Waals surface area contributed by atoms with Gasteiger partial charge in [-0.2, -0.15) is 0 Å². The van der Waals surface area contributed by atoms with E-state index in [0.29, 0.717) is 22.2 Å². The summed E-state index contributed by atoms with van der Waals surface area (Å²) >= 11 is 5.74. The molecule has 0 aliphatic carbocycles. The van der Waals surface area contributed by atoms with Gasteiger partial charge in [-0.05, 0) is 43.7 Å². The molecule has 0 aliphatic heterocycles. The number of halogens is 1. The number of nitrogens with one attached hydrogen (secondary N) is 1. The first-order valence-corrected chi connectivity index (χ1v) is 7.68. The van der Waals surface area contributed by atoms with Gasteiger partial charge < -0.3 is 5.73 Å². The van der Waals surface area contributed by atoms with Crippen LogP contribution in [0.3, 0.4) is 0 Å². The number of pyridine rings is 1. The largest absolute Gasteiger partial charge is 0.398 e. The molecule has 1 aromatic carbocycles. The van der Waals surface area contributed by atoms with Gasteiger partial charge in [-0.3, -0.25) is 4.72 Å². The number of aryl methyl sites for hydroxylation is 2. The van der Waals surface area contributed by atoms with Crippen molar-refractivity contribution in [1.82, 2.24) is 4.98 Å². The third kappa shape index (κ3) is 3.02. The lowest BCUT2D eigenvalue weighted by molar-refractivity contribution is 0.601. The molecule has 3 N–H and O–H groups in total. The maximum atomic E-state index is 12.3. The summed E-state index contributed by atoms with van der Waals surface area (Å²) in [5.41, 5.74) is 7.88. The SMILES string of the molecule is Cc1ccc(S(=O)(=O)Nc2ccc(Cl)nc2C)cc1N. The van der Waals surface area contributed by atoms with E-state index in [2.05, 4.69) is 9.71 Å². The lowest BCUT2D eigenvalue weighted by Crippen LogP contribution is -2.14. The van der Waals surface area contributed by atoms with E-state index in [1.54, 1.807) is 19.1 Å². The molecule has 0 bridgehead atoms. The molecular formula is C13H14ClN3O2S. The molecule has 0 saturated carbocycles. The van der Waals surface area contributed by atoms with E-state index in [1.807, 2.05) is 6.92 Å². The molecule has 1 heterocycles. The first kappa shape index (κ1) is 14.6. The van der Waals surface area contributed by atoms with Gasteiger partial charge in [0.2, 0.25) is 0 Å². The fraction of sp³-hybridized carbons (Fsp3) is 0.154. The van der Waals surface area contributed by atoms with Gasteiger partial charge in [0.25, 0.3) is 10.0 Å². The van der Waals surface area contributed by atoms with Gasteiger partial charge in [0, 0.05) is 5.69 Å². The second kappa shape index (κ2) is 5.30. The standard InChI is InChI=1S/C13H14ClN3O2S/c1-8-3-4-10(7-11(8)15)20(18,19)17-12-5-6-13(14)16-9(12)2/h3-7,17H,15H2,1-2H3. The number of nitrogens with zero attached hydrogens (tertiary/aromatic N) is 1. The summed E-state index contributed by atoms with van der Waals surface area (Å²) in [7, 11) is -3.70. The summed E-state index contributed by atoms with van der Waals surface area (Å²) < 4.78 is 27.0. The number of nitrogen functional groups attached to an aromatic ring is 1. The Morgan fingerprint density at radius 2 is 1.90 bits per heavy atom. The quantitative estimate of drug-likeness (QED) is 0.674. The minimum Gasteiger partial charge on any atom is -0.398 e. The average molecular weight is 312 g/mol. The predicted molar refractivity (Wildman–Crippen MR) is 80.4 cm³/mol. The maximum Gasteiger partial charge on any atom is 0.262 e. The van der Waals surface area contributed by atoms with Crippen molar-refractivity contribution in [3.8, 4) is 0 Å². The molecule has 0 radical (unpaired) electrons. The van der Waals surface area contributed by atoms with Gasteiger partial charge in [-0.1, -0.05) is 17.7 Å². The van der Waals surface area contributed by atoms with Crippen molar-refractivity contribution in [3.63, 3.8) is 0 Å². The average Bonchev–Trinajstić information content (AvgIpc) is 2.36. The molecule has 7 heteroatoms. The third-order valence-corrected chi connectivity index (χ3v) is 4.43. The number of benzene rings is 1. The van der Waals surface area contributed by atoms with Crippen LogP contribution in [-0.4, -0.2) is 13.4 Å². The Bertz CT molecular complexity index is 760. The summed E-state index contributed by atoms with van der Waals surface area (Å²) in [4.78, 5) is 4.10. The van der Waals surface area contributed by atoms with Crippen molar-refractivity contribution in [2.75, 3.05) is 10.5 Å². The molecule has 0 atom stereocenters. The number of aromatic nitrogens is 1. The molecule has 1 aromatic heterocycles. The summed E-state index contributed by atoms with van der Waals surface area (Å²) in [5, 5.41) is 0.310. The highest BCUT2D eigenvalue weighted by molar-refractivity contribution is 7.92. The van der Waals surface area contributed by atoms with Crippen molar-refractivity contribution in [1.29, 1.82) is 0 Å². The summed E-state index contributed by atoms with van der Waals surface area (Å²) in [6.45, 7) is 3.49. The summed E-state index contributed by atoms with van der Waals surface area (Å²) in [5.74, 6) is 0. The van der Waals surface area contributed by atoms with Crippen molar-refractivity contribution in [2.24, 2.45) is 0 Å². The van der Waals surface area contributed by atoms with E-state index >= 15 is 0 Å². The van der Waals surface area contributed by atoms with Crippen LogP contribution < -0.4 is 10.5 Å². The Morgan fingerprint density at radius 1 is 1.20 bits per heavy atom. The maximum absolute atomic E-state index is 12.3. The number of rotatable bonds is 3. The van der Waals surface area contributed by atoms with Crippen LogP contribution in [0.5, 0.6) is 0 Å². The Labute approximate surface area is 122 Å². The molecule has 0 spiro atoms. The number of anilines is 2. The molecule has 0 aliphatic rings. The predicted octanol–water partition coefficient (Wildman–Crippen LogP) is 2.73. The lowest BCUT2D eigenvalue weighted by Gasteiger charge is -2.11. The van der Waals surface area contributed by atoms with Crippen molar-refractivity contribution in [3.05, 3.63) is 46.7 Å². The first-order chi connectivity index (χ1) is 9.29. The Kier molecular flexibility index (Phi) is 3.87. The van der Waals surface area contributed by atoms with E-state index in [0.717, 1.165) is 5.56 Å². The van der Waals surface area contributed by atoms with Crippen LogP contribution in [0.1, 0.15) is 11.3 Å². The third-order valence-electron chi connectivity index (χ3n) is 2.86. The number of sulfonamides is 1. The number of hydrogen-bond acceptors (Lipinski definition) is 4. The van der Waals surface area contributed by atoms with Crippen LogP contribution in [0, 0.1) is 13.8 Å². The smallest absolute Gasteiger partial charge is 0.262 e. The highest BCUT2D eigenvalue weighted by Gasteiger charge is 2.16. The Balaban J connectivity index is 2.38. The molecular weight excluding hydrogens is 298 g/mol. The van der Waals surface area contributed by atoms with E-state index in [4.69, 9.17) is 17.3 Å². The molecule has 20 heavy (non-hydrogen) atoms. The van der Waals surface area contributed by atoms with E-state index in [-0.39, 0.29) is 4.90 Å². The fourth-order valence-corrected chi connectivity index (χ4v) is 2.97. The monoisotopic (exact) mass is 311 g/mol. The Morgan fingerprint density at radius 3 is 2.50 bits per heavy atom. The second-order valence-corrected chi connectivity index (χ2v) is 6.46. The molecule has 5 nitrogen and oxygen atoms in total. The van der Waals surface area contributed by atoms with Crippen LogP contribution in [0.25, 0.3) is 0 Å². The fourth-order valence-electron chi connectivity index (χ4n) is 1.63. The Hall–Kier alpha value is -1.79. The van der Waals surface area contributed by atoms with Crippen molar-refractivity contribution >= 4 is 33.0 Å². The zero-order chi connectivity index (χ0) is 14.9. The summed E-state index contributed by atoms with van der Waals surface area (Å²) in [6.07, 6.45) is 0. The normalized spacial score (nSPS) is 11.3. The molecule has 2 aromatic rings. The molecule has 0 fully saturated rings. The molecule has 2 rings (SSSR count). The minimum atomic E-state index is -3.70. The highest BCUT2D eigenvalue weighted by atomic mass is 35.5. The van der Waals surface area contributed by atoms with Gasteiger partial charge in [-0.15, -0.1) is 0 Å². The van der Waals surface area contributed by atoms with Crippen LogP contribution in [-0.2, 0) is 10.0 Å². The van der Waals surface area contributed by atoms with Gasteiger partial charge >= 0.3 is 0 Å². The van der Waals surface area contributed by atoms with Crippen molar-refractivity contribution in [2.45, 2.75) is 18.7 Å². The van der Waals surface area contributed by atoms with Crippen LogP contribution in [0.15, 0.2) is 35.2 Å². The van der Waals surface area contributed by atoms with Gasteiger partial charge in [0.1, 0.15) is 5.15 Å².